The van der Waals surface area contributed by atoms with Crippen molar-refractivity contribution < 1.29 is 9.53 Å². The Morgan fingerprint density at radius 2 is 2.22 bits per heavy atom. The van der Waals surface area contributed by atoms with Gasteiger partial charge in [-0.3, -0.25) is 4.79 Å². The predicted molar refractivity (Wildman–Crippen MR) is 69.7 cm³/mol. The molecule has 0 N–H and O–H groups in total. The van der Waals surface area contributed by atoms with Crippen LogP contribution in [0.1, 0.15) is 36.0 Å². The molecule has 0 aliphatic heterocycles. The summed E-state index contributed by atoms with van der Waals surface area (Å²) in [6, 6.07) is 3.53. The number of methoxy groups -OCH3 is 1. The summed E-state index contributed by atoms with van der Waals surface area (Å²) in [6.45, 7) is 0.830. The molecule has 4 nitrogen and oxygen atoms in total. The molecule has 1 fully saturated rings. The SMILES string of the molecule is COc1ncccc1C(=O)N(C)CC1CCCC1. The number of hydrogen-bond donors (Lipinski definition) is 0. The Balaban J connectivity index is 2.05. The zero-order valence-corrected chi connectivity index (χ0v) is 11.1. The molecule has 1 amide bonds. The lowest BCUT2D eigenvalue weighted by Gasteiger charge is -2.21. The number of aromatic nitrogens is 1. The Morgan fingerprint density at radius 3 is 2.89 bits per heavy atom. The van der Waals surface area contributed by atoms with Crippen molar-refractivity contribution in [2.45, 2.75) is 25.7 Å². The van der Waals surface area contributed by atoms with Gasteiger partial charge >= 0.3 is 0 Å². The summed E-state index contributed by atoms with van der Waals surface area (Å²) in [7, 11) is 3.39. The highest BCUT2D eigenvalue weighted by Crippen LogP contribution is 2.26. The maximum Gasteiger partial charge on any atom is 0.259 e. The van der Waals surface area contributed by atoms with Gasteiger partial charge in [0.1, 0.15) is 5.56 Å². The second-order valence-electron chi connectivity index (χ2n) is 4.90. The first-order valence-corrected chi connectivity index (χ1v) is 6.47. The maximum absolute atomic E-state index is 12.3. The molecule has 0 spiro atoms. The summed E-state index contributed by atoms with van der Waals surface area (Å²) in [6.07, 6.45) is 6.70. The molecule has 0 bridgehead atoms. The second kappa shape index (κ2) is 5.85. The third kappa shape index (κ3) is 2.81. The van der Waals surface area contributed by atoms with Gasteiger partial charge in [-0.25, -0.2) is 4.98 Å². The molecule has 1 aliphatic carbocycles. The Labute approximate surface area is 108 Å². The van der Waals surface area contributed by atoms with Crippen molar-refractivity contribution in [3.8, 4) is 5.88 Å². The van der Waals surface area contributed by atoms with Crippen LogP contribution in [0, 0.1) is 5.92 Å². The van der Waals surface area contributed by atoms with Gasteiger partial charge in [-0.2, -0.15) is 0 Å². The number of nitrogens with zero attached hydrogens (tertiary/aromatic N) is 2. The second-order valence-corrected chi connectivity index (χ2v) is 4.90. The van der Waals surface area contributed by atoms with Crippen LogP contribution in [-0.2, 0) is 0 Å². The average molecular weight is 248 g/mol. The predicted octanol–water partition coefficient (Wildman–Crippen LogP) is 2.35. The lowest BCUT2D eigenvalue weighted by atomic mass is 10.1. The van der Waals surface area contributed by atoms with Crippen LogP contribution < -0.4 is 4.74 Å². The third-order valence-corrected chi connectivity index (χ3v) is 3.55. The van der Waals surface area contributed by atoms with Crippen molar-refractivity contribution in [2.24, 2.45) is 5.92 Å². The van der Waals surface area contributed by atoms with Gasteiger partial charge in [0.25, 0.3) is 5.91 Å². The van der Waals surface area contributed by atoms with Crippen LogP contribution in [0.25, 0.3) is 0 Å². The van der Waals surface area contributed by atoms with E-state index < -0.39 is 0 Å². The summed E-state index contributed by atoms with van der Waals surface area (Å²) in [5.74, 6) is 1.05. The molecule has 1 saturated carbocycles. The molecule has 1 aliphatic rings. The van der Waals surface area contributed by atoms with Crippen LogP contribution in [0.2, 0.25) is 0 Å². The van der Waals surface area contributed by atoms with Crippen molar-refractivity contribution >= 4 is 5.91 Å². The van der Waals surface area contributed by atoms with E-state index >= 15 is 0 Å². The fraction of sp³-hybridized carbons (Fsp3) is 0.571. The first-order chi connectivity index (χ1) is 8.72. The molecule has 1 aromatic heterocycles. The molecule has 18 heavy (non-hydrogen) atoms. The number of amides is 1. The van der Waals surface area contributed by atoms with E-state index in [9.17, 15) is 4.79 Å². The van der Waals surface area contributed by atoms with Gasteiger partial charge in [0.05, 0.1) is 7.11 Å². The first-order valence-electron chi connectivity index (χ1n) is 6.47. The third-order valence-electron chi connectivity index (χ3n) is 3.55. The summed E-state index contributed by atoms with van der Waals surface area (Å²) in [5.41, 5.74) is 0.542. The van der Waals surface area contributed by atoms with E-state index in [-0.39, 0.29) is 5.91 Å². The molecular formula is C14H20N2O2. The molecule has 4 heteroatoms. The van der Waals surface area contributed by atoms with E-state index in [1.54, 1.807) is 23.2 Å². The van der Waals surface area contributed by atoms with Gasteiger partial charge in [-0.15, -0.1) is 0 Å². The van der Waals surface area contributed by atoms with Gasteiger partial charge in [0.2, 0.25) is 5.88 Å². The molecule has 0 aromatic carbocycles. The van der Waals surface area contributed by atoms with E-state index in [2.05, 4.69) is 4.98 Å². The molecule has 0 atom stereocenters. The maximum atomic E-state index is 12.3. The Morgan fingerprint density at radius 1 is 1.50 bits per heavy atom. The standard InChI is InChI=1S/C14H20N2O2/c1-16(10-11-6-3-4-7-11)14(17)12-8-5-9-15-13(12)18-2/h5,8-9,11H,3-4,6-7,10H2,1-2H3. The lowest BCUT2D eigenvalue weighted by Crippen LogP contribution is -2.31. The highest BCUT2D eigenvalue weighted by Gasteiger charge is 2.22. The Kier molecular flexibility index (Phi) is 4.18. The van der Waals surface area contributed by atoms with Crippen molar-refractivity contribution in [1.82, 2.24) is 9.88 Å². The van der Waals surface area contributed by atoms with Gasteiger partial charge in [-0.1, -0.05) is 12.8 Å². The van der Waals surface area contributed by atoms with E-state index in [1.807, 2.05) is 7.05 Å². The quantitative estimate of drug-likeness (QED) is 0.821. The minimum Gasteiger partial charge on any atom is -0.480 e. The number of carbonyl (C=O) groups is 1. The van der Waals surface area contributed by atoms with E-state index in [0.29, 0.717) is 17.4 Å². The topological polar surface area (TPSA) is 42.4 Å². The zero-order valence-electron chi connectivity index (χ0n) is 11.1. The summed E-state index contributed by atoms with van der Waals surface area (Å²) < 4.78 is 5.13. The van der Waals surface area contributed by atoms with Crippen molar-refractivity contribution in [2.75, 3.05) is 20.7 Å². The summed E-state index contributed by atoms with van der Waals surface area (Å²) in [5, 5.41) is 0. The minimum absolute atomic E-state index is 0.00755. The number of rotatable bonds is 4. The highest BCUT2D eigenvalue weighted by atomic mass is 16.5. The molecular weight excluding hydrogens is 228 g/mol. The highest BCUT2D eigenvalue weighted by molar-refractivity contribution is 5.96. The molecule has 1 heterocycles. The Bertz CT molecular complexity index is 414. The molecule has 0 saturated heterocycles. The van der Waals surface area contributed by atoms with E-state index in [4.69, 9.17) is 4.74 Å². The van der Waals surface area contributed by atoms with Crippen LogP contribution in [0.3, 0.4) is 0 Å². The van der Waals surface area contributed by atoms with Gasteiger partial charge in [-0.05, 0) is 30.9 Å². The Hall–Kier alpha value is -1.58. The largest absolute Gasteiger partial charge is 0.480 e. The van der Waals surface area contributed by atoms with Crippen LogP contribution in [-0.4, -0.2) is 36.5 Å². The molecule has 2 rings (SSSR count). The monoisotopic (exact) mass is 248 g/mol. The number of pyridine rings is 1. The first kappa shape index (κ1) is 12.9. The average Bonchev–Trinajstić information content (AvgIpc) is 2.90. The summed E-state index contributed by atoms with van der Waals surface area (Å²) >= 11 is 0. The minimum atomic E-state index is -0.00755. The van der Waals surface area contributed by atoms with Crippen molar-refractivity contribution in [3.05, 3.63) is 23.9 Å². The van der Waals surface area contributed by atoms with Crippen LogP contribution in [0.5, 0.6) is 5.88 Å². The number of hydrogen-bond acceptors (Lipinski definition) is 3. The van der Waals surface area contributed by atoms with E-state index in [1.165, 1.54) is 32.8 Å². The normalized spacial score (nSPS) is 15.7. The van der Waals surface area contributed by atoms with Crippen LogP contribution in [0.15, 0.2) is 18.3 Å². The van der Waals surface area contributed by atoms with Crippen molar-refractivity contribution in [3.63, 3.8) is 0 Å². The fourth-order valence-electron chi connectivity index (χ4n) is 2.59. The summed E-state index contributed by atoms with van der Waals surface area (Å²) in [4.78, 5) is 18.2. The van der Waals surface area contributed by atoms with Crippen LogP contribution in [0.4, 0.5) is 0 Å². The van der Waals surface area contributed by atoms with Gasteiger partial charge < -0.3 is 9.64 Å². The van der Waals surface area contributed by atoms with Gasteiger partial charge in [0.15, 0.2) is 0 Å². The molecule has 0 radical (unpaired) electrons. The lowest BCUT2D eigenvalue weighted by molar-refractivity contribution is 0.0769. The van der Waals surface area contributed by atoms with E-state index in [0.717, 1.165) is 6.54 Å². The fourth-order valence-corrected chi connectivity index (χ4v) is 2.59. The number of ether oxygens (including phenoxy) is 1. The van der Waals surface area contributed by atoms with Crippen molar-refractivity contribution in [1.29, 1.82) is 0 Å². The molecule has 98 valence electrons. The van der Waals surface area contributed by atoms with Crippen LogP contribution >= 0.6 is 0 Å². The molecule has 1 aromatic rings. The smallest absolute Gasteiger partial charge is 0.259 e. The molecule has 0 unspecified atom stereocenters. The number of carbonyl (C=O) groups excluding carboxylic acids is 1. The van der Waals surface area contributed by atoms with Gasteiger partial charge in [0, 0.05) is 19.8 Å². The zero-order chi connectivity index (χ0) is 13.0.